The molecule has 0 bridgehead atoms. The number of phenols is 2. The van der Waals surface area contributed by atoms with Crippen LogP contribution in [0.2, 0.25) is 0 Å². The van der Waals surface area contributed by atoms with Crippen molar-refractivity contribution < 1.29 is 19.7 Å². The number of esters is 1. The van der Waals surface area contributed by atoms with E-state index in [1.54, 1.807) is 6.07 Å². The molecule has 23 heavy (non-hydrogen) atoms. The summed E-state index contributed by atoms with van der Waals surface area (Å²) in [7, 11) is 0. The summed E-state index contributed by atoms with van der Waals surface area (Å²) < 4.78 is 5.33. The van der Waals surface area contributed by atoms with E-state index < -0.39 is 5.97 Å². The Morgan fingerprint density at radius 2 is 1.52 bits per heavy atom. The van der Waals surface area contributed by atoms with Gasteiger partial charge in [-0.1, -0.05) is 30.3 Å². The first-order chi connectivity index (χ1) is 11.1. The van der Waals surface area contributed by atoms with Crippen molar-refractivity contribution in [2.45, 2.75) is 0 Å². The van der Waals surface area contributed by atoms with Crippen molar-refractivity contribution in [1.82, 2.24) is 0 Å². The van der Waals surface area contributed by atoms with E-state index in [9.17, 15) is 15.0 Å². The molecule has 0 atom stereocenters. The summed E-state index contributed by atoms with van der Waals surface area (Å²) in [5.74, 6) is -0.00684. The average molecular weight is 306 g/mol. The zero-order valence-corrected chi connectivity index (χ0v) is 12.1. The van der Waals surface area contributed by atoms with Gasteiger partial charge in [0.15, 0.2) is 0 Å². The highest BCUT2D eigenvalue weighted by Crippen LogP contribution is 2.32. The van der Waals surface area contributed by atoms with E-state index in [0.29, 0.717) is 16.9 Å². The Morgan fingerprint density at radius 1 is 0.826 bits per heavy atom. The lowest BCUT2D eigenvalue weighted by Crippen LogP contribution is -2.08. The molecule has 3 aromatic rings. The number of hydrogen-bond donors (Lipinski definition) is 2. The zero-order chi connectivity index (χ0) is 16.2. The largest absolute Gasteiger partial charge is 0.508 e. The van der Waals surface area contributed by atoms with Crippen molar-refractivity contribution in [2.75, 3.05) is 0 Å². The lowest BCUT2D eigenvalue weighted by atomic mass is 10.0. The number of carbonyl (C=O) groups is 1. The molecule has 114 valence electrons. The third-order valence-corrected chi connectivity index (χ3v) is 3.37. The van der Waals surface area contributed by atoms with E-state index in [2.05, 4.69) is 0 Å². The number of carbonyl (C=O) groups excluding carboxylic acids is 1. The van der Waals surface area contributed by atoms with E-state index in [0.717, 1.165) is 5.56 Å². The topological polar surface area (TPSA) is 66.8 Å². The van der Waals surface area contributed by atoms with Crippen LogP contribution in [0, 0.1) is 0 Å². The number of hydrogen-bond acceptors (Lipinski definition) is 4. The fourth-order valence-corrected chi connectivity index (χ4v) is 2.19. The third kappa shape index (κ3) is 3.32. The predicted molar refractivity (Wildman–Crippen MR) is 86.6 cm³/mol. The van der Waals surface area contributed by atoms with Gasteiger partial charge in [0.1, 0.15) is 17.2 Å². The highest BCUT2D eigenvalue weighted by molar-refractivity contribution is 5.91. The van der Waals surface area contributed by atoms with Crippen LogP contribution in [-0.4, -0.2) is 16.2 Å². The molecule has 0 fully saturated rings. The molecular weight excluding hydrogens is 292 g/mol. The summed E-state index contributed by atoms with van der Waals surface area (Å²) in [5, 5.41) is 19.2. The molecule has 0 saturated heterocycles. The fraction of sp³-hybridized carbons (Fsp3) is 0. The Labute approximate surface area is 133 Å². The molecule has 0 unspecified atom stereocenters. The maximum Gasteiger partial charge on any atom is 0.343 e. The minimum atomic E-state index is -0.533. The molecular formula is C19H14O4. The molecule has 0 aliphatic rings. The van der Waals surface area contributed by atoms with Crippen molar-refractivity contribution in [2.24, 2.45) is 0 Å². The molecule has 3 aromatic carbocycles. The standard InChI is InChI=1S/C19H14O4/c20-15-8-6-14(7-9-15)19(22)23-16-10-11-18(21)17(12-16)13-4-2-1-3-5-13/h1-12,20-21H. The van der Waals surface area contributed by atoms with Crippen molar-refractivity contribution in [3.05, 3.63) is 78.4 Å². The summed E-state index contributed by atoms with van der Waals surface area (Å²) in [5.41, 5.74) is 1.74. The van der Waals surface area contributed by atoms with E-state index in [-0.39, 0.29) is 11.5 Å². The quantitative estimate of drug-likeness (QED) is 0.567. The molecule has 0 heterocycles. The number of rotatable bonds is 3. The van der Waals surface area contributed by atoms with Gasteiger partial charge in [0.05, 0.1) is 5.56 Å². The highest BCUT2D eigenvalue weighted by Gasteiger charge is 2.11. The van der Waals surface area contributed by atoms with Crippen LogP contribution in [0.15, 0.2) is 72.8 Å². The highest BCUT2D eigenvalue weighted by atomic mass is 16.5. The normalized spacial score (nSPS) is 10.3. The molecule has 3 rings (SSSR count). The van der Waals surface area contributed by atoms with Crippen LogP contribution < -0.4 is 4.74 Å². The van der Waals surface area contributed by atoms with Gasteiger partial charge >= 0.3 is 5.97 Å². The third-order valence-electron chi connectivity index (χ3n) is 3.37. The molecule has 0 aliphatic heterocycles. The van der Waals surface area contributed by atoms with Gasteiger partial charge in [0.2, 0.25) is 0 Å². The van der Waals surface area contributed by atoms with Gasteiger partial charge in [-0.15, -0.1) is 0 Å². The number of phenolic OH excluding ortho intramolecular Hbond substituents is 2. The van der Waals surface area contributed by atoms with Crippen molar-refractivity contribution in [3.63, 3.8) is 0 Å². The van der Waals surface area contributed by atoms with Gasteiger partial charge in [-0.05, 0) is 48.0 Å². The SMILES string of the molecule is O=C(Oc1ccc(O)c(-c2ccccc2)c1)c1ccc(O)cc1. The first kappa shape index (κ1) is 14.7. The maximum absolute atomic E-state index is 12.1. The number of benzene rings is 3. The van der Waals surface area contributed by atoms with E-state index in [1.807, 2.05) is 30.3 Å². The summed E-state index contributed by atoms with van der Waals surface area (Å²) >= 11 is 0. The molecule has 0 aromatic heterocycles. The van der Waals surface area contributed by atoms with Gasteiger partial charge in [-0.25, -0.2) is 4.79 Å². The minimum absolute atomic E-state index is 0.0811. The maximum atomic E-state index is 12.1. The summed E-state index contributed by atoms with van der Waals surface area (Å²) in [6.07, 6.45) is 0. The van der Waals surface area contributed by atoms with Crippen LogP contribution in [-0.2, 0) is 0 Å². The predicted octanol–water partition coefficient (Wildman–Crippen LogP) is 3.98. The fourth-order valence-electron chi connectivity index (χ4n) is 2.19. The van der Waals surface area contributed by atoms with Crippen molar-refractivity contribution >= 4 is 5.97 Å². The lowest BCUT2D eigenvalue weighted by molar-refractivity contribution is 0.0734. The monoisotopic (exact) mass is 306 g/mol. The van der Waals surface area contributed by atoms with Crippen LogP contribution in [0.25, 0.3) is 11.1 Å². The van der Waals surface area contributed by atoms with Crippen LogP contribution >= 0.6 is 0 Å². The van der Waals surface area contributed by atoms with Crippen LogP contribution in [0.3, 0.4) is 0 Å². The average Bonchev–Trinajstić information content (AvgIpc) is 2.58. The molecule has 0 aliphatic carbocycles. The number of aromatic hydroxyl groups is 2. The van der Waals surface area contributed by atoms with Gasteiger partial charge < -0.3 is 14.9 Å². The Morgan fingerprint density at radius 3 is 2.22 bits per heavy atom. The molecule has 4 heteroatoms. The molecule has 0 saturated carbocycles. The molecule has 0 amide bonds. The molecule has 2 N–H and O–H groups in total. The van der Waals surface area contributed by atoms with E-state index in [1.165, 1.54) is 36.4 Å². The van der Waals surface area contributed by atoms with Gasteiger partial charge in [-0.3, -0.25) is 0 Å². The lowest BCUT2D eigenvalue weighted by Gasteiger charge is -2.09. The van der Waals surface area contributed by atoms with Gasteiger partial charge in [0.25, 0.3) is 0 Å². The second-order valence-electron chi connectivity index (χ2n) is 4.98. The Balaban J connectivity index is 1.86. The molecule has 4 nitrogen and oxygen atoms in total. The van der Waals surface area contributed by atoms with Crippen LogP contribution in [0.1, 0.15) is 10.4 Å². The Kier molecular flexibility index (Phi) is 3.97. The van der Waals surface area contributed by atoms with E-state index in [4.69, 9.17) is 4.74 Å². The molecule has 0 radical (unpaired) electrons. The van der Waals surface area contributed by atoms with Gasteiger partial charge in [-0.2, -0.15) is 0 Å². The summed E-state index contributed by atoms with van der Waals surface area (Å²) in [4.78, 5) is 12.1. The first-order valence-electron chi connectivity index (χ1n) is 7.03. The van der Waals surface area contributed by atoms with Crippen LogP contribution in [0.5, 0.6) is 17.2 Å². The van der Waals surface area contributed by atoms with Crippen LogP contribution in [0.4, 0.5) is 0 Å². The Bertz CT molecular complexity index is 824. The number of ether oxygens (including phenoxy) is 1. The van der Waals surface area contributed by atoms with Crippen molar-refractivity contribution in [3.8, 4) is 28.4 Å². The second-order valence-corrected chi connectivity index (χ2v) is 4.98. The summed E-state index contributed by atoms with van der Waals surface area (Å²) in [6, 6.07) is 19.8. The minimum Gasteiger partial charge on any atom is -0.508 e. The zero-order valence-electron chi connectivity index (χ0n) is 12.1. The summed E-state index contributed by atoms with van der Waals surface area (Å²) in [6.45, 7) is 0. The molecule has 0 spiro atoms. The van der Waals surface area contributed by atoms with Crippen molar-refractivity contribution in [1.29, 1.82) is 0 Å². The van der Waals surface area contributed by atoms with Gasteiger partial charge in [0, 0.05) is 5.56 Å². The smallest absolute Gasteiger partial charge is 0.343 e. The first-order valence-corrected chi connectivity index (χ1v) is 7.03. The second kappa shape index (κ2) is 6.23. The van der Waals surface area contributed by atoms with E-state index >= 15 is 0 Å². The Hall–Kier alpha value is -3.27.